The first kappa shape index (κ1) is 26.6. The van der Waals surface area contributed by atoms with Gasteiger partial charge in [-0.15, -0.1) is 0 Å². The maximum absolute atomic E-state index is 14.9. The Bertz CT molecular complexity index is 1330. The average Bonchev–Trinajstić information content (AvgIpc) is 2.89. The van der Waals surface area contributed by atoms with Crippen molar-refractivity contribution in [2.45, 2.75) is 51.4 Å². The summed E-state index contributed by atoms with van der Waals surface area (Å²) >= 11 is 0. The molecule has 1 fully saturated rings. The van der Waals surface area contributed by atoms with Gasteiger partial charge >= 0.3 is 5.97 Å². The molecule has 0 radical (unpaired) electrons. The van der Waals surface area contributed by atoms with E-state index < -0.39 is 57.9 Å². The zero-order valence-corrected chi connectivity index (χ0v) is 20.1. The maximum Gasteiger partial charge on any atom is 0.346 e. The van der Waals surface area contributed by atoms with E-state index in [2.05, 4.69) is 0 Å². The van der Waals surface area contributed by atoms with Crippen molar-refractivity contribution in [2.75, 3.05) is 6.61 Å². The van der Waals surface area contributed by atoms with Crippen LogP contribution in [0.1, 0.15) is 71.5 Å². The van der Waals surface area contributed by atoms with E-state index in [1.807, 2.05) is 0 Å². The minimum Gasteiger partial charge on any atom is -0.491 e. The summed E-state index contributed by atoms with van der Waals surface area (Å²) in [6.45, 7) is 3.11. The van der Waals surface area contributed by atoms with Gasteiger partial charge in [-0.05, 0) is 86.3 Å². The number of esters is 1. The second kappa shape index (κ2) is 10.9. The smallest absolute Gasteiger partial charge is 0.346 e. The minimum absolute atomic E-state index is 0.0598. The van der Waals surface area contributed by atoms with Crippen LogP contribution in [-0.4, -0.2) is 12.6 Å². The molecule has 0 spiro atoms. The number of rotatable bonds is 6. The molecule has 3 nitrogen and oxygen atoms in total. The number of carbonyl (C=O) groups excluding carboxylic acids is 1. The lowest BCUT2D eigenvalue weighted by atomic mass is 9.75. The predicted octanol–water partition coefficient (Wildman–Crippen LogP) is 7.89. The van der Waals surface area contributed by atoms with E-state index in [4.69, 9.17) is 9.47 Å². The first-order chi connectivity index (χ1) is 17.6. The highest BCUT2D eigenvalue weighted by Crippen LogP contribution is 2.43. The highest BCUT2D eigenvalue weighted by molar-refractivity contribution is 5.91. The summed E-state index contributed by atoms with van der Waals surface area (Å²) in [6, 6.07) is 7.36. The molecule has 196 valence electrons. The fourth-order valence-corrected chi connectivity index (χ4v) is 4.74. The van der Waals surface area contributed by atoms with Gasteiger partial charge in [0.2, 0.25) is 11.6 Å². The van der Waals surface area contributed by atoms with Crippen molar-refractivity contribution < 1.29 is 40.6 Å². The van der Waals surface area contributed by atoms with Crippen LogP contribution in [0.2, 0.25) is 0 Å². The van der Waals surface area contributed by atoms with E-state index >= 15 is 0 Å². The topological polar surface area (TPSA) is 35.5 Å². The van der Waals surface area contributed by atoms with Gasteiger partial charge in [0.05, 0.1) is 12.2 Å². The molecule has 0 N–H and O–H groups in total. The molecule has 0 amide bonds. The molecule has 0 unspecified atom stereocenters. The number of halogens is 6. The molecule has 0 aromatic heterocycles. The Morgan fingerprint density at radius 1 is 0.703 bits per heavy atom. The first-order valence-electron chi connectivity index (χ1n) is 11.9. The van der Waals surface area contributed by atoms with Crippen molar-refractivity contribution in [3.63, 3.8) is 0 Å². The zero-order valence-electron chi connectivity index (χ0n) is 20.1. The zero-order chi connectivity index (χ0) is 26.9. The van der Waals surface area contributed by atoms with Gasteiger partial charge in [-0.25, -0.2) is 22.4 Å². The highest BCUT2D eigenvalue weighted by Gasteiger charge is 2.30. The van der Waals surface area contributed by atoms with E-state index in [0.717, 1.165) is 18.2 Å². The van der Waals surface area contributed by atoms with Gasteiger partial charge in [0, 0.05) is 0 Å². The van der Waals surface area contributed by atoms with Gasteiger partial charge in [-0.1, -0.05) is 18.2 Å². The van der Waals surface area contributed by atoms with Crippen LogP contribution in [0.3, 0.4) is 0 Å². The summed E-state index contributed by atoms with van der Waals surface area (Å²) in [5.41, 5.74) is -0.260. The summed E-state index contributed by atoms with van der Waals surface area (Å²) < 4.78 is 96.1. The third kappa shape index (κ3) is 5.17. The Morgan fingerprint density at radius 3 is 1.81 bits per heavy atom. The number of hydrogen-bond acceptors (Lipinski definition) is 3. The SMILES string of the molecule is CCOc1ccc(C(=O)Oc2ccc(C3CCC(c4ccc(C)c(F)c4F)CC3)c(F)c2F)c(F)c1F. The molecular weight excluding hydrogens is 498 g/mol. The van der Waals surface area contributed by atoms with Crippen molar-refractivity contribution in [1.82, 2.24) is 0 Å². The third-order valence-electron chi connectivity index (χ3n) is 6.76. The van der Waals surface area contributed by atoms with Crippen LogP contribution in [0.25, 0.3) is 0 Å². The Kier molecular flexibility index (Phi) is 7.80. The Morgan fingerprint density at radius 2 is 1.22 bits per heavy atom. The quantitative estimate of drug-likeness (QED) is 0.188. The Balaban J connectivity index is 1.47. The lowest BCUT2D eigenvalue weighted by Gasteiger charge is -2.29. The second-order valence-corrected chi connectivity index (χ2v) is 8.99. The number of carbonyl (C=O) groups is 1. The predicted molar refractivity (Wildman–Crippen MR) is 124 cm³/mol. The second-order valence-electron chi connectivity index (χ2n) is 8.99. The van der Waals surface area contributed by atoms with Crippen molar-refractivity contribution in [2.24, 2.45) is 0 Å². The summed E-state index contributed by atoms with van der Waals surface area (Å²) in [5.74, 6) is -10.6. The van der Waals surface area contributed by atoms with Crippen molar-refractivity contribution in [1.29, 1.82) is 0 Å². The van der Waals surface area contributed by atoms with Crippen molar-refractivity contribution in [3.8, 4) is 11.5 Å². The largest absolute Gasteiger partial charge is 0.491 e. The summed E-state index contributed by atoms with van der Waals surface area (Å²) in [7, 11) is 0. The van der Waals surface area contributed by atoms with E-state index in [-0.39, 0.29) is 35.1 Å². The van der Waals surface area contributed by atoms with Gasteiger partial charge in [-0.3, -0.25) is 0 Å². The molecule has 0 heterocycles. The fraction of sp³-hybridized carbons (Fsp3) is 0.321. The van der Waals surface area contributed by atoms with Crippen molar-refractivity contribution in [3.05, 3.63) is 93.6 Å². The van der Waals surface area contributed by atoms with E-state index in [1.54, 1.807) is 13.0 Å². The molecule has 3 aromatic rings. The maximum atomic E-state index is 14.9. The molecule has 9 heteroatoms. The van der Waals surface area contributed by atoms with Gasteiger partial charge in [0.25, 0.3) is 0 Å². The molecule has 1 aliphatic carbocycles. The van der Waals surface area contributed by atoms with Crippen LogP contribution in [-0.2, 0) is 0 Å². The average molecular weight is 522 g/mol. The third-order valence-corrected chi connectivity index (χ3v) is 6.76. The summed E-state index contributed by atoms with van der Waals surface area (Å²) in [5, 5.41) is 0. The number of benzene rings is 3. The van der Waals surface area contributed by atoms with E-state index in [0.29, 0.717) is 25.7 Å². The normalized spacial score (nSPS) is 17.5. The summed E-state index contributed by atoms with van der Waals surface area (Å²) in [4.78, 5) is 12.3. The van der Waals surface area contributed by atoms with E-state index in [1.165, 1.54) is 19.1 Å². The Labute approximate surface area is 210 Å². The fourth-order valence-electron chi connectivity index (χ4n) is 4.74. The lowest BCUT2D eigenvalue weighted by Crippen LogP contribution is -2.16. The van der Waals surface area contributed by atoms with Gasteiger partial charge in [0.1, 0.15) is 0 Å². The molecule has 37 heavy (non-hydrogen) atoms. The molecule has 3 aromatic carbocycles. The van der Waals surface area contributed by atoms with Crippen LogP contribution in [0.15, 0.2) is 36.4 Å². The van der Waals surface area contributed by atoms with Gasteiger partial charge in [0.15, 0.2) is 34.8 Å². The van der Waals surface area contributed by atoms with Crippen LogP contribution in [0, 0.1) is 41.8 Å². The number of ether oxygens (including phenoxy) is 2. The molecular formula is C28H24F6O3. The molecule has 0 saturated heterocycles. The molecule has 1 aliphatic rings. The minimum atomic E-state index is -1.53. The number of hydrogen-bond donors (Lipinski definition) is 0. The molecule has 0 aliphatic heterocycles. The van der Waals surface area contributed by atoms with Gasteiger partial charge < -0.3 is 9.47 Å². The molecule has 4 rings (SSSR count). The molecule has 0 bridgehead atoms. The van der Waals surface area contributed by atoms with Crippen LogP contribution < -0.4 is 9.47 Å². The highest BCUT2D eigenvalue weighted by atomic mass is 19.2. The van der Waals surface area contributed by atoms with Crippen LogP contribution in [0.5, 0.6) is 11.5 Å². The van der Waals surface area contributed by atoms with Crippen LogP contribution >= 0.6 is 0 Å². The number of aryl methyl sites for hydroxylation is 1. The Hall–Kier alpha value is -3.49. The van der Waals surface area contributed by atoms with Gasteiger partial charge in [-0.2, -0.15) is 8.78 Å². The summed E-state index contributed by atoms with van der Waals surface area (Å²) in [6.07, 6.45) is 1.71. The standard InChI is InChI=1S/C28H24F6O3/c1-3-36-20-12-11-19(25(32)26(20)33)28(35)37-21-13-10-18(24(31)27(21)34)16-7-5-15(6-8-16)17-9-4-14(2)22(29)23(17)30/h4,9-13,15-16H,3,5-8H2,1-2H3. The molecule has 1 saturated carbocycles. The first-order valence-corrected chi connectivity index (χ1v) is 11.9. The lowest BCUT2D eigenvalue weighted by molar-refractivity contribution is 0.0720. The van der Waals surface area contributed by atoms with Crippen molar-refractivity contribution >= 4 is 5.97 Å². The van der Waals surface area contributed by atoms with Crippen LogP contribution in [0.4, 0.5) is 26.3 Å². The molecule has 0 atom stereocenters. The van der Waals surface area contributed by atoms with E-state index in [9.17, 15) is 31.1 Å². The monoisotopic (exact) mass is 522 g/mol.